The lowest BCUT2D eigenvalue weighted by molar-refractivity contribution is -0.115. The van der Waals surface area contributed by atoms with Gasteiger partial charge in [0.25, 0.3) is 0 Å². The highest BCUT2D eigenvalue weighted by Crippen LogP contribution is 2.20. The average molecular weight is 270 g/mol. The van der Waals surface area contributed by atoms with Crippen molar-refractivity contribution >= 4 is 29.0 Å². The number of nitrogens with two attached hydrogens (primary N) is 1. The SMILES string of the molecule is Nc1cc(NC(=O)CCSC2COC2)ccc1F. The van der Waals surface area contributed by atoms with Crippen molar-refractivity contribution in [3.63, 3.8) is 0 Å². The number of nitrogen functional groups attached to an aromatic ring is 1. The summed E-state index contributed by atoms with van der Waals surface area (Å²) in [5.74, 6) is 0.193. The first-order valence-corrected chi connectivity index (χ1v) is 6.74. The summed E-state index contributed by atoms with van der Waals surface area (Å²) >= 11 is 1.74. The first-order chi connectivity index (χ1) is 8.65. The Hall–Kier alpha value is -1.27. The summed E-state index contributed by atoms with van der Waals surface area (Å²) in [5, 5.41) is 3.22. The molecule has 0 atom stereocenters. The number of carbonyl (C=O) groups excluding carboxylic acids is 1. The fourth-order valence-corrected chi connectivity index (χ4v) is 2.50. The van der Waals surface area contributed by atoms with E-state index in [4.69, 9.17) is 10.5 Å². The van der Waals surface area contributed by atoms with E-state index in [0.29, 0.717) is 17.4 Å². The van der Waals surface area contributed by atoms with Crippen LogP contribution in [0.25, 0.3) is 0 Å². The molecule has 18 heavy (non-hydrogen) atoms. The van der Waals surface area contributed by atoms with E-state index in [1.165, 1.54) is 18.2 Å². The first-order valence-electron chi connectivity index (χ1n) is 5.69. The summed E-state index contributed by atoms with van der Waals surface area (Å²) in [5.41, 5.74) is 5.98. The number of hydrogen-bond donors (Lipinski definition) is 2. The lowest BCUT2D eigenvalue weighted by atomic mass is 10.2. The predicted molar refractivity (Wildman–Crippen MR) is 71.1 cm³/mol. The molecule has 0 bridgehead atoms. The van der Waals surface area contributed by atoms with E-state index in [0.717, 1.165) is 19.0 Å². The van der Waals surface area contributed by atoms with Crippen LogP contribution in [-0.4, -0.2) is 30.1 Å². The molecule has 4 nitrogen and oxygen atoms in total. The van der Waals surface area contributed by atoms with E-state index >= 15 is 0 Å². The summed E-state index contributed by atoms with van der Waals surface area (Å²) in [6.07, 6.45) is 0.429. The standard InChI is InChI=1S/C12H15FN2O2S/c13-10-2-1-8(5-11(10)14)15-12(16)3-4-18-9-6-17-7-9/h1-2,5,9H,3-4,6-7,14H2,(H,15,16). The van der Waals surface area contributed by atoms with Gasteiger partial charge in [-0.2, -0.15) is 11.8 Å². The van der Waals surface area contributed by atoms with Crippen molar-refractivity contribution in [1.29, 1.82) is 0 Å². The van der Waals surface area contributed by atoms with Gasteiger partial charge in [0, 0.05) is 17.9 Å². The van der Waals surface area contributed by atoms with E-state index in [-0.39, 0.29) is 11.6 Å². The van der Waals surface area contributed by atoms with Crippen molar-refractivity contribution < 1.29 is 13.9 Å². The van der Waals surface area contributed by atoms with Crippen LogP contribution in [0.1, 0.15) is 6.42 Å². The number of carbonyl (C=O) groups is 1. The second kappa shape index (κ2) is 6.06. The van der Waals surface area contributed by atoms with Gasteiger partial charge >= 0.3 is 0 Å². The number of thioether (sulfide) groups is 1. The van der Waals surface area contributed by atoms with Gasteiger partial charge in [-0.25, -0.2) is 4.39 Å². The summed E-state index contributed by atoms with van der Waals surface area (Å²) in [6.45, 7) is 1.56. The number of halogens is 1. The molecule has 98 valence electrons. The van der Waals surface area contributed by atoms with Gasteiger partial charge in [0.15, 0.2) is 0 Å². The lowest BCUT2D eigenvalue weighted by Gasteiger charge is -2.24. The molecule has 1 aliphatic rings. The van der Waals surface area contributed by atoms with Crippen LogP contribution in [-0.2, 0) is 9.53 Å². The Kier molecular flexibility index (Phi) is 4.43. The maximum Gasteiger partial charge on any atom is 0.225 e. The molecule has 1 heterocycles. The van der Waals surface area contributed by atoms with Gasteiger partial charge < -0.3 is 15.8 Å². The normalized spacial score (nSPS) is 15.2. The molecular weight excluding hydrogens is 255 g/mol. The Morgan fingerprint density at radius 1 is 1.56 bits per heavy atom. The molecule has 1 saturated heterocycles. The summed E-state index contributed by atoms with van der Waals surface area (Å²) in [7, 11) is 0. The molecule has 0 aromatic heterocycles. The Morgan fingerprint density at radius 2 is 2.33 bits per heavy atom. The third kappa shape index (κ3) is 3.61. The Bertz CT molecular complexity index is 438. The summed E-state index contributed by atoms with van der Waals surface area (Å²) in [6, 6.07) is 4.15. The molecule has 6 heteroatoms. The number of rotatable bonds is 5. The molecular formula is C12H15FN2O2S. The molecule has 0 saturated carbocycles. The molecule has 1 aliphatic heterocycles. The smallest absolute Gasteiger partial charge is 0.225 e. The lowest BCUT2D eigenvalue weighted by Crippen LogP contribution is -2.30. The maximum atomic E-state index is 12.9. The van der Waals surface area contributed by atoms with Crippen molar-refractivity contribution in [2.24, 2.45) is 0 Å². The number of nitrogens with one attached hydrogen (secondary N) is 1. The number of hydrogen-bond acceptors (Lipinski definition) is 4. The van der Waals surface area contributed by atoms with Gasteiger partial charge in [-0.05, 0) is 18.2 Å². The minimum absolute atomic E-state index is 0.0359. The minimum Gasteiger partial charge on any atom is -0.396 e. The third-order valence-electron chi connectivity index (χ3n) is 2.57. The Morgan fingerprint density at radius 3 is 2.94 bits per heavy atom. The van der Waals surface area contributed by atoms with Crippen LogP contribution < -0.4 is 11.1 Å². The van der Waals surface area contributed by atoms with Crippen LogP contribution in [0.15, 0.2) is 18.2 Å². The summed E-state index contributed by atoms with van der Waals surface area (Å²) in [4.78, 5) is 11.6. The molecule has 2 rings (SSSR count). The molecule has 1 aromatic rings. The predicted octanol–water partition coefficient (Wildman–Crippen LogP) is 1.87. The Labute approximate surface area is 109 Å². The zero-order valence-corrected chi connectivity index (χ0v) is 10.6. The van der Waals surface area contributed by atoms with E-state index < -0.39 is 5.82 Å². The van der Waals surface area contributed by atoms with Gasteiger partial charge in [-0.1, -0.05) is 0 Å². The van der Waals surface area contributed by atoms with E-state index in [1.54, 1.807) is 11.8 Å². The molecule has 0 spiro atoms. The molecule has 1 aromatic carbocycles. The van der Waals surface area contributed by atoms with Crippen molar-refractivity contribution in [2.75, 3.05) is 30.0 Å². The van der Waals surface area contributed by atoms with E-state index in [2.05, 4.69) is 5.32 Å². The van der Waals surface area contributed by atoms with Crippen LogP contribution in [0, 0.1) is 5.82 Å². The number of ether oxygens (including phenoxy) is 1. The number of amides is 1. The van der Waals surface area contributed by atoms with Gasteiger partial charge in [-0.15, -0.1) is 0 Å². The topological polar surface area (TPSA) is 64.3 Å². The second-order valence-corrected chi connectivity index (χ2v) is 5.47. The first kappa shape index (κ1) is 13.2. The fourth-order valence-electron chi connectivity index (χ4n) is 1.47. The van der Waals surface area contributed by atoms with Gasteiger partial charge in [-0.3, -0.25) is 4.79 Å². The number of benzene rings is 1. The zero-order valence-electron chi connectivity index (χ0n) is 9.82. The Balaban J connectivity index is 1.73. The zero-order chi connectivity index (χ0) is 13.0. The van der Waals surface area contributed by atoms with E-state index in [1.807, 2.05) is 0 Å². The molecule has 1 amide bonds. The molecule has 3 N–H and O–H groups in total. The fraction of sp³-hybridized carbons (Fsp3) is 0.417. The maximum absolute atomic E-state index is 12.9. The van der Waals surface area contributed by atoms with Crippen molar-refractivity contribution in [3.05, 3.63) is 24.0 Å². The van der Waals surface area contributed by atoms with E-state index in [9.17, 15) is 9.18 Å². The molecule has 0 aliphatic carbocycles. The minimum atomic E-state index is -0.478. The van der Waals surface area contributed by atoms with Crippen LogP contribution in [0.4, 0.5) is 15.8 Å². The van der Waals surface area contributed by atoms with Crippen LogP contribution in [0.2, 0.25) is 0 Å². The van der Waals surface area contributed by atoms with Crippen LogP contribution in [0.5, 0.6) is 0 Å². The molecule has 1 fully saturated rings. The van der Waals surface area contributed by atoms with Gasteiger partial charge in [0.05, 0.1) is 24.2 Å². The molecule has 0 unspecified atom stereocenters. The third-order valence-corrected chi connectivity index (χ3v) is 3.75. The largest absolute Gasteiger partial charge is 0.396 e. The van der Waals surface area contributed by atoms with Crippen molar-refractivity contribution in [1.82, 2.24) is 0 Å². The highest BCUT2D eigenvalue weighted by molar-refractivity contribution is 8.00. The average Bonchev–Trinajstić information content (AvgIpc) is 2.27. The monoisotopic (exact) mass is 270 g/mol. The number of anilines is 2. The van der Waals surface area contributed by atoms with Crippen LogP contribution in [0.3, 0.4) is 0 Å². The molecule has 0 radical (unpaired) electrons. The van der Waals surface area contributed by atoms with Gasteiger partial charge in [0.2, 0.25) is 5.91 Å². The second-order valence-electron chi connectivity index (χ2n) is 4.06. The highest BCUT2D eigenvalue weighted by Gasteiger charge is 2.18. The highest BCUT2D eigenvalue weighted by atomic mass is 32.2. The van der Waals surface area contributed by atoms with Gasteiger partial charge in [0.1, 0.15) is 5.82 Å². The summed E-state index contributed by atoms with van der Waals surface area (Å²) < 4.78 is 18.0. The van der Waals surface area contributed by atoms with Crippen molar-refractivity contribution in [3.8, 4) is 0 Å². The van der Waals surface area contributed by atoms with Crippen LogP contribution >= 0.6 is 11.8 Å². The van der Waals surface area contributed by atoms with Crippen molar-refractivity contribution in [2.45, 2.75) is 11.7 Å². The quantitative estimate of drug-likeness (QED) is 0.802.